The molecule has 0 aliphatic heterocycles. The zero-order valence-corrected chi connectivity index (χ0v) is 14.2. The Hall–Kier alpha value is -3.22. The summed E-state index contributed by atoms with van der Waals surface area (Å²) in [4.78, 5) is 8.41. The molecule has 2 heterocycles. The van der Waals surface area contributed by atoms with E-state index >= 15 is 0 Å². The Morgan fingerprint density at radius 1 is 1.04 bits per heavy atom. The van der Waals surface area contributed by atoms with Gasteiger partial charge in [0.1, 0.15) is 5.75 Å². The molecule has 3 rings (SSSR count). The minimum absolute atomic E-state index is 0.148. The summed E-state index contributed by atoms with van der Waals surface area (Å²) in [6.07, 6.45) is 5.25. The van der Waals surface area contributed by atoms with Gasteiger partial charge in [0.25, 0.3) is 0 Å². The van der Waals surface area contributed by atoms with Crippen molar-refractivity contribution in [3.8, 4) is 5.75 Å². The van der Waals surface area contributed by atoms with Gasteiger partial charge in [0.15, 0.2) is 5.82 Å². The average Bonchev–Trinajstić information content (AvgIpc) is 2.62. The minimum Gasteiger partial charge on any atom is -0.491 e. The molecule has 0 saturated heterocycles. The van der Waals surface area contributed by atoms with Crippen molar-refractivity contribution < 1.29 is 4.74 Å². The van der Waals surface area contributed by atoms with Crippen LogP contribution < -0.4 is 15.4 Å². The normalized spacial score (nSPS) is 10.5. The molecule has 2 N–H and O–H groups in total. The van der Waals surface area contributed by atoms with Crippen LogP contribution in [0.5, 0.6) is 5.75 Å². The van der Waals surface area contributed by atoms with Gasteiger partial charge in [0, 0.05) is 24.6 Å². The van der Waals surface area contributed by atoms with Gasteiger partial charge in [-0.15, -0.1) is 5.10 Å². The maximum atomic E-state index is 5.63. The fraction of sp³-hybridized carbons (Fsp3) is 0.222. The molecule has 1 aromatic carbocycles. The van der Waals surface area contributed by atoms with Crippen LogP contribution in [0.1, 0.15) is 19.4 Å². The Balaban J connectivity index is 1.61. The standard InChI is InChI=1S/C18H20N6O/c1-13(2)25-16-5-3-15(4-6-16)22-18-23-17(12-21-24-18)20-11-14-7-9-19-10-8-14/h3-10,12-13H,11H2,1-2H3,(H2,20,22,23,24). The highest BCUT2D eigenvalue weighted by Crippen LogP contribution is 2.19. The maximum absolute atomic E-state index is 5.63. The van der Waals surface area contributed by atoms with Gasteiger partial charge in [-0.25, -0.2) is 0 Å². The molecule has 0 radical (unpaired) electrons. The molecule has 0 bridgehead atoms. The van der Waals surface area contributed by atoms with Gasteiger partial charge in [0.2, 0.25) is 5.95 Å². The first-order valence-corrected chi connectivity index (χ1v) is 8.05. The van der Waals surface area contributed by atoms with Crippen molar-refractivity contribution in [3.05, 3.63) is 60.6 Å². The number of rotatable bonds is 7. The highest BCUT2D eigenvalue weighted by atomic mass is 16.5. The quantitative estimate of drug-likeness (QED) is 0.684. The number of ether oxygens (including phenoxy) is 1. The summed E-state index contributed by atoms with van der Waals surface area (Å²) in [5.74, 6) is 1.90. The first-order valence-electron chi connectivity index (χ1n) is 8.05. The summed E-state index contributed by atoms with van der Waals surface area (Å²) in [7, 11) is 0. The molecule has 0 atom stereocenters. The van der Waals surface area contributed by atoms with Crippen molar-refractivity contribution in [3.63, 3.8) is 0 Å². The predicted octanol–water partition coefficient (Wildman–Crippen LogP) is 3.41. The van der Waals surface area contributed by atoms with Crippen molar-refractivity contribution >= 4 is 17.5 Å². The highest BCUT2D eigenvalue weighted by molar-refractivity contribution is 5.55. The van der Waals surface area contributed by atoms with E-state index < -0.39 is 0 Å². The van der Waals surface area contributed by atoms with Gasteiger partial charge in [-0.05, 0) is 55.8 Å². The maximum Gasteiger partial charge on any atom is 0.249 e. The number of nitrogens with one attached hydrogen (secondary N) is 2. The second-order valence-corrected chi connectivity index (χ2v) is 5.69. The lowest BCUT2D eigenvalue weighted by Gasteiger charge is -2.11. The number of benzene rings is 1. The summed E-state index contributed by atoms with van der Waals surface area (Å²) >= 11 is 0. The summed E-state index contributed by atoms with van der Waals surface area (Å²) in [5.41, 5.74) is 1.98. The van der Waals surface area contributed by atoms with E-state index in [0.29, 0.717) is 18.3 Å². The van der Waals surface area contributed by atoms with E-state index in [0.717, 1.165) is 17.0 Å². The molecule has 0 aliphatic carbocycles. The first-order chi connectivity index (χ1) is 12.2. The third-order valence-corrected chi connectivity index (χ3v) is 3.26. The van der Waals surface area contributed by atoms with Crippen LogP contribution in [0.25, 0.3) is 0 Å². The molecule has 7 nitrogen and oxygen atoms in total. The molecule has 0 aliphatic rings. The van der Waals surface area contributed by atoms with E-state index in [-0.39, 0.29) is 6.10 Å². The van der Waals surface area contributed by atoms with Crippen LogP contribution in [0, 0.1) is 0 Å². The highest BCUT2D eigenvalue weighted by Gasteiger charge is 2.03. The smallest absolute Gasteiger partial charge is 0.249 e. The number of anilines is 3. The van der Waals surface area contributed by atoms with Crippen molar-refractivity contribution in [1.29, 1.82) is 0 Å². The minimum atomic E-state index is 0.148. The molecule has 0 saturated carbocycles. The van der Waals surface area contributed by atoms with Gasteiger partial charge >= 0.3 is 0 Å². The predicted molar refractivity (Wildman–Crippen MR) is 96.9 cm³/mol. The lowest BCUT2D eigenvalue weighted by molar-refractivity contribution is 0.242. The van der Waals surface area contributed by atoms with E-state index in [4.69, 9.17) is 4.74 Å². The topological polar surface area (TPSA) is 84.9 Å². The first kappa shape index (κ1) is 16.6. The van der Waals surface area contributed by atoms with Gasteiger partial charge in [0.05, 0.1) is 12.3 Å². The van der Waals surface area contributed by atoms with Gasteiger partial charge in [-0.2, -0.15) is 10.1 Å². The molecule has 25 heavy (non-hydrogen) atoms. The molecule has 0 spiro atoms. The Morgan fingerprint density at radius 2 is 1.80 bits per heavy atom. The molecule has 7 heteroatoms. The van der Waals surface area contributed by atoms with Gasteiger partial charge in [-0.3, -0.25) is 4.98 Å². The molecule has 0 fully saturated rings. The van der Waals surface area contributed by atoms with Gasteiger partial charge in [-0.1, -0.05) is 0 Å². The molecular weight excluding hydrogens is 316 g/mol. The van der Waals surface area contributed by atoms with Crippen LogP contribution in [-0.2, 0) is 6.54 Å². The Labute approximate surface area is 146 Å². The molecular formula is C18H20N6O. The van der Waals surface area contributed by atoms with Crippen molar-refractivity contribution in [2.75, 3.05) is 10.6 Å². The Kier molecular flexibility index (Phi) is 5.36. The number of nitrogens with zero attached hydrogens (tertiary/aromatic N) is 4. The fourth-order valence-electron chi connectivity index (χ4n) is 2.15. The number of hydrogen-bond acceptors (Lipinski definition) is 7. The van der Waals surface area contributed by atoms with Crippen molar-refractivity contribution in [1.82, 2.24) is 20.2 Å². The fourth-order valence-corrected chi connectivity index (χ4v) is 2.15. The second-order valence-electron chi connectivity index (χ2n) is 5.69. The number of aromatic nitrogens is 4. The number of pyridine rings is 1. The zero-order chi connectivity index (χ0) is 17.5. The van der Waals surface area contributed by atoms with Crippen LogP contribution in [-0.4, -0.2) is 26.3 Å². The zero-order valence-electron chi connectivity index (χ0n) is 14.2. The molecule has 0 unspecified atom stereocenters. The third kappa shape index (κ3) is 5.13. The molecule has 3 aromatic rings. The molecule has 2 aromatic heterocycles. The lowest BCUT2D eigenvalue weighted by atomic mass is 10.3. The van der Waals surface area contributed by atoms with E-state index in [1.807, 2.05) is 50.2 Å². The SMILES string of the molecule is CC(C)Oc1ccc(Nc2nncc(NCc3ccncc3)n2)cc1. The van der Waals surface area contributed by atoms with Gasteiger partial charge < -0.3 is 15.4 Å². The monoisotopic (exact) mass is 336 g/mol. The molecule has 0 amide bonds. The van der Waals surface area contributed by atoms with Crippen LogP contribution in [0.4, 0.5) is 17.5 Å². The Morgan fingerprint density at radius 3 is 2.52 bits per heavy atom. The summed E-state index contributed by atoms with van der Waals surface area (Å²) in [6, 6.07) is 11.5. The molecule has 128 valence electrons. The van der Waals surface area contributed by atoms with E-state index in [1.54, 1.807) is 18.6 Å². The van der Waals surface area contributed by atoms with Crippen LogP contribution >= 0.6 is 0 Å². The van der Waals surface area contributed by atoms with E-state index in [1.165, 1.54) is 0 Å². The van der Waals surface area contributed by atoms with Crippen LogP contribution in [0.15, 0.2) is 55.0 Å². The lowest BCUT2D eigenvalue weighted by Crippen LogP contribution is -2.06. The summed E-state index contributed by atoms with van der Waals surface area (Å²) in [6.45, 7) is 4.63. The summed E-state index contributed by atoms with van der Waals surface area (Å²) in [5, 5.41) is 14.3. The number of hydrogen-bond donors (Lipinski definition) is 2. The largest absolute Gasteiger partial charge is 0.491 e. The van der Waals surface area contributed by atoms with Crippen molar-refractivity contribution in [2.45, 2.75) is 26.5 Å². The third-order valence-electron chi connectivity index (χ3n) is 3.26. The second kappa shape index (κ2) is 8.05. The van der Waals surface area contributed by atoms with E-state index in [2.05, 4.69) is 30.8 Å². The van der Waals surface area contributed by atoms with Crippen molar-refractivity contribution in [2.24, 2.45) is 0 Å². The van der Waals surface area contributed by atoms with Crippen LogP contribution in [0.3, 0.4) is 0 Å². The van der Waals surface area contributed by atoms with E-state index in [9.17, 15) is 0 Å². The Bertz CT molecular complexity index is 792. The summed E-state index contributed by atoms with van der Waals surface area (Å²) < 4.78 is 5.63. The average molecular weight is 336 g/mol. The van der Waals surface area contributed by atoms with Crippen LogP contribution in [0.2, 0.25) is 0 Å².